The van der Waals surface area contributed by atoms with E-state index in [0.29, 0.717) is 0 Å². The van der Waals surface area contributed by atoms with Crippen LogP contribution in [-0.4, -0.2) is 51.4 Å². The summed E-state index contributed by atoms with van der Waals surface area (Å²) in [5.74, 6) is 0. The van der Waals surface area contributed by atoms with E-state index >= 15 is 0 Å². The number of hydrogen-bond donors (Lipinski definition) is 0. The van der Waals surface area contributed by atoms with Crippen molar-refractivity contribution in [2.75, 3.05) is 0 Å². The Morgan fingerprint density at radius 1 is 1.80 bits per heavy atom. The molecule has 0 fully saturated rings. The average Bonchev–Trinajstić information content (AvgIpc) is 1.37. The Morgan fingerprint density at radius 2 is 2.00 bits per heavy atom. The SMILES string of the molecule is C=CC#N.[KH]. The van der Waals surface area contributed by atoms with Gasteiger partial charge in [-0.15, -0.1) is 0 Å². The summed E-state index contributed by atoms with van der Waals surface area (Å²) in [4.78, 5) is 0. The molecule has 0 rings (SSSR count). The molecule has 0 N–H and O–H groups in total. The fraction of sp³-hybridized carbons (Fsp3) is 0. The second-order valence-electron chi connectivity index (χ2n) is 0.333. The molecule has 0 heterocycles. The molecule has 5 heavy (non-hydrogen) atoms. The van der Waals surface area contributed by atoms with Crippen LogP contribution in [0.5, 0.6) is 0 Å². The summed E-state index contributed by atoms with van der Waals surface area (Å²) in [6.07, 6.45) is 1.18. The zero-order valence-electron chi connectivity index (χ0n) is 2.23. The second-order valence-corrected chi connectivity index (χ2v) is 0.333. The van der Waals surface area contributed by atoms with E-state index in [4.69, 9.17) is 5.26 Å². The Bertz CT molecular complexity index is 52.4. The van der Waals surface area contributed by atoms with Crippen LogP contribution in [0.3, 0.4) is 0 Å². The molecular formula is C3H4KN. The van der Waals surface area contributed by atoms with Crippen LogP contribution in [0.1, 0.15) is 0 Å². The van der Waals surface area contributed by atoms with Gasteiger partial charge in [0.1, 0.15) is 0 Å². The molecule has 0 unspecified atom stereocenters. The van der Waals surface area contributed by atoms with Gasteiger partial charge in [0.05, 0.1) is 6.07 Å². The summed E-state index contributed by atoms with van der Waals surface area (Å²) in [5.41, 5.74) is 0. The Balaban J connectivity index is 0. The van der Waals surface area contributed by atoms with Crippen molar-refractivity contribution < 1.29 is 0 Å². The first-order valence-corrected chi connectivity index (χ1v) is 0.921. The number of hydrogen-bond acceptors (Lipinski definition) is 1. The molecule has 0 atom stereocenters. The van der Waals surface area contributed by atoms with Crippen LogP contribution < -0.4 is 0 Å². The molecule has 0 radical (unpaired) electrons. The first-order valence-electron chi connectivity index (χ1n) is 0.921. The normalized spacial score (nSPS) is 3.00. The van der Waals surface area contributed by atoms with Gasteiger partial charge in [-0.25, -0.2) is 0 Å². The predicted molar refractivity (Wildman–Crippen MR) is 23.0 cm³/mol. The summed E-state index contributed by atoms with van der Waals surface area (Å²) >= 11 is 0. The summed E-state index contributed by atoms with van der Waals surface area (Å²) < 4.78 is 0. The van der Waals surface area contributed by atoms with Gasteiger partial charge in [0.2, 0.25) is 0 Å². The van der Waals surface area contributed by atoms with Crippen LogP contribution in [0.15, 0.2) is 12.7 Å². The molecule has 0 aromatic heterocycles. The third kappa shape index (κ3) is 11.5. The van der Waals surface area contributed by atoms with Crippen molar-refractivity contribution in [3.63, 3.8) is 0 Å². The summed E-state index contributed by atoms with van der Waals surface area (Å²) in [7, 11) is 0. The van der Waals surface area contributed by atoms with Crippen molar-refractivity contribution in [3.8, 4) is 6.07 Å². The molecule has 2 heteroatoms. The fourth-order valence-electron chi connectivity index (χ4n) is 0. The number of rotatable bonds is 0. The van der Waals surface area contributed by atoms with Gasteiger partial charge in [0.25, 0.3) is 0 Å². The van der Waals surface area contributed by atoms with Crippen LogP contribution in [0.2, 0.25) is 0 Å². The number of allylic oxidation sites excluding steroid dienone is 1. The summed E-state index contributed by atoms with van der Waals surface area (Å²) in [6.45, 7) is 3.12. The average molecular weight is 93.2 g/mol. The third-order valence-corrected chi connectivity index (χ3v) is 0.0913. The quantitative estimate of drug-likeness (QED) is 0.306. The van der Waals surface area contributed by atoms with E-state index in [2.05, 4.69) is 6.58 Å². The Hall–Kier alpha value is 0.866. The second kappa shape index (κ2) is 8.85. The molecule has 0 saturated carbocycles. The van der Waals surface area contributed by atoms with Gasteiger partial charge in [-0.3, -0.25) is 0 Å². The van der Waals surface area contributed by atoms with Crippen molar-refractivity contribution in [3.05, 3.63) is 12.7 Å². The van der Waals surface area contributed by atoms with Crippen LogP contribution in [0.25, 0.3) is 0 Å². The zero-order valence-corrected chi connectivity index (χ0v) is 2.23. The number of nitriles is 1. The molecule has 0 amide bonds. The molecule has 0 aromatic rings. The van der Waals surface area contributed by atoms with Crippen LogP contribution in [0.4, 0.5) is 0 Å². The van der Waals surface area contributed by atoms with Gasteiger partial charge in [0.15, 0.2) is 0 Å². The van der Waals surface area contributed by atoms with Crippen LogP contribution in [-0.2, 0) is 0 Å². The maximum absolute atomic E-state index is 7.51. The molecule has 0 spiro atoms. The molecule has 1 nitrogen and oxygen atoms in total. The van der Waals surface area contributed by atoms with Gasteiger partial charge in [-0.05, 0) is 0 Å². The molecule has 0 aliphatic rings. The zero-order chi connectivity index (χ0) is 3.41. The first kappa shape index (κ1) is 9.29. The maximum atomic E-state index is 7.51. The van der Waals surface area contributed by atoms with E-state index in [1.807, 2.05) is 0 Å². The van der Waals surface area contributed by atoms with Crippen molar-refractivity contribution in [1.29, 1.82) is 5.26 Å². The Morgan fingerprint density at radius 3 is 2.00 bits per heavy atom. The molecule has 0 aliphatic carbocycles. The minimum atomic E-state index is 0. The monoisotopic (exact) mass is 93.0 g/mol. The van der Waals surface area contributed by atoms with Crippen molar-refractivity contribution in [2.45, 2.75) is 0 Å². The topological polar surface area (TPSA) is 23.8 Å². The van der Waals surface area contributed by atoms with Crippen LogP contribution >= 0.6 is 0 Å². The van der Waals surface area contributed by atoms with E-state index < -0.39 is 0 Å². The van der Waals surface area contributed by atoms with E-state index in [1.54, 1.807) is 6.07 Å². The van der Waals surface area contributed by atoms with Gasteiger partial charge in [0, 0.05) is 6.08 Å². The molecule has 0 aromatic carbocycles. The van der Waals surface area contributed by atoms with E-state index in [-0.39, 0.29) is 51.4 Å². The van der Waals surface area contributed by atoms with Crippen molar-refractivity contribution in [1.82, 2.24) is 0 Å². The molecular weight excluding hydrogens is 89.1 g/mol. The molecule has 0 aliphatic heterocycles. The van der Waals surface area contributed by atoms with Gasteiger partial charge >= 0.3 is 51.4 Å². The van der Waals surface area contributed by atoms with Gasteiger partial charge in [-0.2, -0.15) is 5.26 Å². The molecule has 0 bridgehead atoms. The Kier molecular flexibility index (Phi) is 16.5. The third-order valence-electron chi connectivity index (χ3n) is 0.0913. The van der Waals surface area contributed by atoms with Crippen molar-refractivity contribution in [2.24, 2.45) is 0 Å². The van der Waals surface area contributed by atoms with E-state index in [0.717, 1.165) is 0 Å². The fourth-order valence-corrected chi connectivity index (χ4v) is 0. The minimum absolute atomic E-state index is 0. The van der Waals surface area contributed by atoms with Gasteiger partial charge < -0.3 is 0 Å². The Labute approximate surface area is 74.1 Å². The number of nitrogens with zero attached hydrogens (tertiary/aromatic N) is 1. The predicted octanol–water partition coefficient (Wildman–Crippen LogP) is 0.0475. The molecule has 0 saturated heterocycles. The standard InChI is InChI=1S/C3H3N.K.H/c1-2-3-4;;/h2H,1H2;;. The summed E-state index contributed by atoms with van der Waals surface area (Å²) in [6, 6.07) is 1.69. The van der Waals surface area contributed by atoms with E-state index in [9.17, 15) is 0 Å². The van der Waals surface area contributed by atoms with E-state index in [1.165, 1.54) is 6.08 Å². The van der Waals surface area contributed by atoms with Crippen molar-refractivity contribution >= 4 is 51.4 Å². The first-order chi connectivity index (χ1) is 1.91. The van der Waals surface area contributed by atoms with Crippen LogP contribution in [0, 0.1) is 11.3 Å². The molecule has 22 valence electrons. The summed E-state index contributed by atoms with van der Waals surface area (Å²) in [5, 5.41) is 7.51. The van der Waals surface area contributed by atoms with Gasteiger partial charge in [-0.1, -0.05) is 6.58 Å².